The molecule has 0 aliphatic heterocycles. The van der Waals surface area contributed by atoms with Crippen LogP contribution < -0.4 is 9.80 Å². The fourth-order valence-corrected chi connectivity index (χ4v) is 1.89. The molecule has 1 unspecified atom stereocenters. The highest BCUT2D eigenvalue weighted by atomic mass is 16.4. The lowest BCUT2D eigenvalue weighted by molar-refractivity contribution is -0.138. The number of likely N-dealkylation sites (N-methyl/N-ethyl adjacent to an activating group) is 1. The van der Waals surface area contributed by atoms with Crippen molar-refractivity contribution in [2.75, 3.05) is 30.9 Å². The summed E-state index contributed by atoms with van der Waals surface area (Å²) in [5, 5.41) is 10.0. The number of carboxylic acids is 1. The minimum absolute atomic E-state index is 0.405. The second-order valence-corrected chi connectivity index (χ2v) is 4.88. The number of rotatable bonds is 4. The van der Waals surface area contributed by atoms with Gasteiger partial charge in [-0.1, -0.05) is 12.1 Å². The van der Waals surface area contributed by atoms with Crippen LogP contribution >= 0.6 is 0 Å². The highest BCUT2D eigenvalue weighted by Gasteiger charge is 2.21. The van der Waals surface area contributed by atoms with Gasteiger partial charge < -0.3 is 14.9 Å². The second kappa shape index (κ2) is 5.32. The molecule has 0 fully saturated rings. The highest BCUT2D eigenvalue weighted by Crippen LogP contribution is 2.25. The van der Waals surface area contributed by atoms with Crippen molar-refractivity contribution in [1.82, 2.24) is 9.97 Å². The maximum Gasteiger partial charge on any atom is 0.326 e. The number of para-hydroxylation sites is 1. The maximum absolute atomic E-state index is 11.1. The zero-order chi connectivity index (χ0) is 14.9. The number of hydrogen-bond acceptors (Lipinski definition) is 5. The van der Waals surface area contributed by atoms with Gasteiger partial charge in [0.1, 0.15) is 11.9 Å². The number of nitrogens with zero attached hydrogens (tertiary/aromatic N) is 4. The fourth-order valence-electron chi connectivity index (χ4n) is 1.89. The normalized spacial score (nSPS) is 12.2. The summed E-state index contributed by atoms with van der Waals surface area (Å²) in [7, 11) is 5.49. The minimum atomic E-state index is -0.907. The van der Waals surface area contributed by atoms with E-state index in [2.05, 4.69) is 9.97 Å². The lowest BCUT2D eigenvalue weighted by atomic mass is 10.2. The lowest BCUT2D eigenvalue weighted by Crippen LogP contribution is -2.37. The van der Waals surface area contributed by atoms with E-state index >= 15 is 0 Å². The van der Waals surface area contributed by atoms with Gasteiger partial charge in [0.2, 0.25) is 5.95 Å². The Morgan fingerprint density at radius 1 is 1.20 bits per heavy atom. The molecule has 2 rings (SSSR count). The topological polar surface area (TPSA) is 69.6 Å². The molecule has 1 aromatic carbocycles. The molecule has 2 aromatic rings. The van der Waals surface area contributed by atoms with Crippen molar-refractivity contribution in [2.45, 2.75) is 13.0 Å². The van der Waals surface area contributed by atoms with Gasteiger partial charge in [0, 0.05) is 26.5 Å². The highest BCUT2D eigenvalue weighted by molar-refractivity contribution is 5.90. The van der Waals surface area contributed by atoms with Gasteiger partial charge in [-0.3, -0.25) is 0 Å². The van der Waals surface area contributed by atoms with E-state index in [0.29, 0.717) is 5.95 Å². The third-order valence-corrected chi connectivity index (χ3v) is 3.25. The van der Waals surface area contributed by atoms with E-state index in [1.165, 1.54) is 0 Å². The number of carbonyl (C=O) groups is 1. The number of aliphatic carboxylic acids is 1. The van der Waals surface area contributed by atoms with Crippen LogP contribution in [-0.2, 0) is 4.79 Å². The molecule has 0 saturated heterocycles. The van der Waals surface area contributed by atoms with E-state index in [-0.39, 0.29) is 0 Å². The van der Waals surface area contributed by atoms with Crippen LogP contribution in [0.15, 0.2) is 24.3 Å². The predicted octanol–water partition coefficient (Wildman–Crippen LogP) is 1.61. The molecule has 0 saturated carbocycles. The Hall–Kier alpha value is -2.37. The zero-order valence-electron chi connectivity index (χ0n) is 12.0. The summed E-state index contributed by atoms with van der Waals surface area (Å²) >= 11 is 0. The van der Waals surface area contributed by atoms with Crippen LogP contribution in [-0.4, -0.2) is 48.2 Å². The van der Waals surface area contributed by atoms with Gasteiger partial charge in [0.15, 0.2) is 0 Å². The van der Waals surface area contributed by atoms with Crippen molar-refractivity contribution in [3.05, 3.63) is 24.3 Å². The third kappa shape index (κ3) is 2.49. The summed E-state index contributed by atoms with van der Waals surface area (Å²) in [4.78, 5) is 23.5. The molecule has 0 aliphatic rings. The molecule has 0 bridgehead atoms. The molecule has 0 spiro atoms. The lowest BCUT2D eigenvalue weighted by Gasteiger charge is -2.23. The van der Waals surface area contributed by atoms with Crippen LogP contribution in [0.2, 0.25) is 0 Å². The van der Waals surface area contributed by atoms with Gasteiger partial charge in [-0.05, 0) is 19.1 Å². The number of carboxylic acid groups (broad SMARTS) is 1. The summed E-state index contributed by atoms with van der Waals surface area (Å²) < 4.78 is 0. The number of fused-ring (bicyclic) bond motifs is 1. The zero-order valence-corrected chi connectivity index (χ0v) is 12.0. The molecule has 1 aromatic heterocycles. The summed E-state index contributed by atoms with van der Waals surface area (Å²) in [6.45, 7) is 1.61. The number of benzene rings is 1. The first-order valence-electron chi connectivity index (χ1n) is 6.31. The molecule has 6 heteroatoms. The van der Waals surface area contributed by atoms with Gasteiger partial charge in [-0.25, -0.2) is 9.78 Å². The van der Waals surface area contributed by atoms with Crippen molar-refractivity contribution >= 4 is 28.6 Å². The van der Waals surface area contributed by atoms with Crippen molar-refractivity contribution in [2.24, 2.45) is 0 Å². The van der Waals surface area contributed by atoms with Gasteiger partial charge in [-0.2, -0.15) is 4.98 Å². The number of aromatic nitrogens is 2. The minimum Gasteiger partial charge on any atom is -0.480 e. The molecule has 20 heavy (non-hydrogen) atoms. The Bertz CT molecular complexity index is 642. The smallest absolute Gasteiger partial charge is 0.326 e. The van der Waals surface area contributed by atoms with Crippen LogP contribution in [0.25, 0.3) is 10.9 Å². The molecule has 1 heterocycles. The van der Waals surface area contributed by atoms with Crippen LogP contribution in [0.1, 0.15) is 6.92 Å². The molecular formula is C14H18N4O2. The molecule has 1 N–H and O–H groups in total. The van der Waals surface area contributed by atoms with E-state index in [1.54, 1.807) is 18.9 Å². The SMILES string of the molecule is CC(C(=O)O)N(C)c1nc(N(C)C)c2ccccc2n1. The monoisotopic (exact) mass is 274 g/mol. The Balaban J connectivity index is 2.58. The Morgan fingerprint density at radius 2 is 1.85 bits per heavy atom. The van der Waals surface area contributed by atoms with E-state index in [9.17, 15) is 4.79 Å². The molecule has 0 amide bonds. The van der Waals surface area contributed by atoms with Crippen molar-refractivity contribution in [3.8, 4) is 0 Å². The van der Waals surface area contributed by atoms with E-state index in [0.717, 1.165) is 16.7 Å². The summed E-state index contributed by atoms with van der Waals surface area (Å²) in [5.74, 6) is 0.271. The van der Waals surface area contributed by atoms with E-state index in [1.807, 2.05) is 43.3 Å². The van der Waals surface area contributed by atoms with Gasteiger partial charge >= 0.3 is 5.97 Å². The van der Waals surface area contributed by atoms with E-state index in [4.69, 9.17) is 5.11 Å². The number of anilines is 2. The fraction of sp³-hybridized carbons (Fsp3) is 0.357. The molecule has 0 aliphatic carbocycles. The first-order chi connectivity index (χ1) is 9.41. The van der Waals surface area contributed by atoms with E-state index < -0.39 is 12.0 Å². The van der Waals surface area contributed by atoms with Crippen LogP contribution in [0, 0.1) is 0 Å². The quantitative estimate of drug-likeness (QED) is 0.913. The van der Waals surface area contributed by atoms with Crippen molar-refractivity contribution in [3.63, 3.8) is 0 Å². The molecule has 106 valence electrons. The maximum atomic E-state index is 11.1. The molecule has 1 atom stereocenters. The van der Waals surface area contributed by atoms with Crippen LogP contribution in [0.3, 0.4) is 0 Å². The van der Waals surface area contributed by atoms with Gasteiger partial charge in [-0.15, -0.1) is 0 Å². The van der Waals surface area contributed by atoms with Crippen molar-refractivity contribution in [1.29, 1.82) is 0 Å². The first kappa shape index (κ1) is 14.0. The molecule has 0 radical (unpaired) electrons. The standard InChI is InChI=1S/C14H18N4O2/c1-9(13(19)20)18(4)14-15-11-8-6-5-7-10(11)12(16-14)17(2)3/h5-9H,1-4H3,(H,19,20). The van der Waals surface area contributed by atoms with Crippen LogP contribution in [0.4, 0.5) is 11.8 Å². The predicted molar refractivity (Wildman–Crippen MR) is 79.4 cm³/mol. The summed E-state index contributed by atoms with van der Waals surface area (Å²) in [6.07, 6.45) is 0. The number of hydrogen-bond donors (Lipinski definition) is 1. The third-order valence-electron chi connectivity index (χ3n) is 3.25. The second-order valence-electron chi connectivity index (χ2n) is 4.88. The Kier molecular flexibility index (Phi) is 3.74. The summed E-state index contributed by atoms with van der Waals surface area (Å²) in [5.41, 5.74) is 0.797. The largest absolute Gasteiger partial charge is 0.480 e. The Morgan fingerprint density at radius 3 is 2.45 bits per heavy atom. The average molecular weight is 274 g/mol. The average Bonchev–Trinajstić information content (AvgIpc) is 2.44. The van der Waals surface area contributed by atoms with Crippen LogP contribution in [0.5, 0.6) is 0 Å². The van der Waals surface area contributed by atoms with Gasteiger partial charge in [0.05, 0.1) is 5.52 Å². The first-order valence-corrected chi connectivity index (χ1v) is 6.31. The molecule has 6 nitrogen and oxygen atoms in total. The summed E-state index contributed by atoms with van der Waals surface area (Å²) in [6, 6.07) is 6.99. The van der Waals surface area contributed by atoms with Crippen molar-refractivity contribution < 1.29 is 9.90 Å². The Labute approximate surface area is 117 Å². The van der Waals surface area contributed by atoms with Gasteiger partial charge in [0.25, 0.3) is 0 Å². The molecular weight excluding hydrogens is 256 g/mol.